The van der Waals surface area contributed by atoms with Crippen LogP contribution in [0.4, 0.5) is 0 Å². The lowest BCUT2D eigenvalue weighted by Gasteiger charge is -2.37. The first kappa shape index (κ1) is 14.6. The molecule has 1 saturated carbocycles. The summed E-state index contributed by atoms with van der Waals surface area (Å²) in [4.78, 5) is 25.7. The van der Waals surface area contributed by atoms with E-state index < -0.39 is 5.97 Å². The normalized spacial score (nSPS) is 36.0. The monoisotopic (exact) mass is 291 g/mol. The summed E-state index contributed by atoms with van der Waals surface area (Å²) in [5.41, 5.74) is 0. The quantitative estimate of drug-likeness (QED) is 0.810. The molecule has 1 heterocycles. The molecule has 2 bridgehead atoms. The summed E-state index contributed by atoms with van der Waals surface area (Å²) >= 11 is 0. The van der Waals surface area contributed by atoms with Crippen LogP contribution in [0.25, 0.3) is 0 Å². The van der Waals surface area contributed by atoms with E-state index in [0.29, 0.717) is 23.7 Å². The summed E-state index contributed by atoms with van der Waals surface area (Å²) in [6, 6.07) is 0. The number of carbonyl (C=O) groups is 2. The maximum absolute atomic E-state index is 12.8. The number of carboxylic acid groups (broad SMARTS) is 1. The Hall–Kier alpha value is -1.32. The number of nitrogens with zero attached hydrogens (tertiary/aromatic N) is 1. The lowest BCUT2D eigenvalue weighted by molar-refractivity contribution is -0.139. The lowest BCUT2D eigenvalue weighted by Crippen LogP contribution is -2.45. The predicted molar refractivity (Wildman–Crippen MR) is 79.6 cm³/mol. The highest BCUT2D eigenvalue weighted by Gasteiger charge is 2.42. The van der Waals surface area contributed by atoms with Crippen molar-refractivity contribution in [3.8, 4) is 0 Å². The van der Waals surface area contributed by atoms with E-state index in [0.717, 1.165) is 38.8 Å². The van der Waals surface area contributed by atoms with Gasteiger partial charge in [-0.25, -0.2) is 0 Å². The van der Waals surface area contributed by atoms with E-state index in [-0.39, 0.29) is 18.3 Å². The van der Waals surface area contributed by atoms with Crippen LogP contribution in [0.3, 0.4) is 0 Å². The second-order valence-electron chi connectivity index (χ2n) is 7.15. The van der Waals surface area contributed by atoms with Crippen LogP contribution in [-0.4, -0.2) is 35.0 Å². The third-order valence-electron chi connectivity index (χ3n) is 5.67. The minimum atomic E-state index is -0.732. The van der Waals surface area contributed by atoms with Crippen molar-refractivity contribution in [3.63, 3.8) is 0 Å². The number of carboxylic acids is 1. The fourth-order valence-electron chi connectivity index (χ4n) is 4.42. The number of fused-ring (bicyclic) bond motifs is 2. The number of likely N-dealkylation sites (tertiary alicyclic amines) is 1. The van der Waals surface area contributed by atoms with Crippen LogP contribution in [0, 0.1) is 29.6 Å². The van der Waals surface area contributed by atoms with Gasteiger partial charge in [-0.3, -0.25) is 9.59 Å². The highest BCUT2D eigenvalue weighted by molar-refractivity contribution is 5.80. The van der Waals surface area contributed by atoms with Gasteiger partial charge in [-0.05, 0) is 49.4 Å². The number of amides is 1. The fourth-order valence-corrected chi connectivity index (χ4v) is 4.42. The van der Waals surface area contributed by atoms with Gasteiger partial charge in [0.25, 0.3) is 0 Å². The average molecular weight is 291 g/mol. The number of rotatable bonds is 4. The van der Waals surface area contributed by atoms with Crippen LogP contribution in [0.1, 0.15) is 39.0 Å². The van der Waals surface area contributed by atoms with Crippen molar-refractivity contribution in [2.24, 2.45) is 29.6 Å². The maximum atomic E-state index is 12.8. The van der Waals surface area contributed by atoms with E-state index in [1.54, 1.807) is 0 Å². The molecule has 1 saturated heterocycles. The zero-order chi connectivity index (χ0) is 15.0. The van der Waals surface area contributed by atoms with Crippen LogP contribution in [0.2, 0.25) is 0 Å². The van der Waals surface area contributed by atoms with E-state index in [2.05, 4.69) is 12.2 Å². The van der Waals surface area contributed by atoms with Crippen molar-refractivity contribution in [1.29, 1.82) is 0 Å². The number of piperidine rings is 1. The summed E-state index contributed by atoms with van der Waals surface area (Å²) < 4.78 is 0. The topological polar surface area (TPSA) is 57.6 Å². The molecule has 2 aliphatic carbocycles. The third kappa shape index (κ3) is 2.99. The van der Waals surface area contributed by atoms with Gasteiger partial charge in [0.15, 0.2) is 0 Å². The van der Waals surface area contributed by atoms with Crippen LogP contribution in [0.5, 0.6) is 0 Å². The highest BCUT2D eigenvalue weighted by Crippen LogP contribution is 2.44. The van der Waals surface area contributed by atoms with Crippen molar-refractivity contribution in [1.82, 2.24) is 4.90 Å². The van der Waals surface area contributed by atoms with Crippen molar-refractivity contribution in [2.75, 3.05) is 13.1 Å². The Morgan fingerprint density at radius 2 is 2.14 bits per heavy atom. The minimum absolute atomic E-state index is 0.151. The SMILES string of the molecule is CC(CC(=O)O)C1CCCN(C(=O)C2CC3C=CC2C3)C1. The molecule has 3 aliphatic rings. The van der Waals surface area contributed by atoms with Gasteiger partial charge >= 0.3 is 5.97 Å². The van der Waals surface area contributed by atoms with Crippen LogP contribution in [0.15, 0.2) is 12.2 Å². The Bertz CT molecular complexity index is 459. The molecule has 5 atom stereocenters. The summed E-state index contributed by atoms with van der Waals surface area (Å²) in [6.07, 6.45) is 8.94. The molecule has 3 rings (SSSR count). The summed E-state index contributed by atoms with van der Waals surface area (Å²) in [7, 11) is 0. The van der Waals surface area contributed by atoms with Gasteiger partial charge in [0.05, 0.1) is 0 Å². The number of hydrogen-bond acceptors (Lipinski definition) is 2. The zero-order valence-electron chi connectivity index (χ0n) is 12.7. The molecule has 0 radical (unpaired) electrons. The molecule has 4 heteroatoms. The second-order valence-corrected chi connectivity index (χ2v) is 7.15. The average Bonchev–Trinajstić information content (AvgIpc) is 3.08. The Balaban J connectivity index is 1.59. The molecule has 5 unspecified atom stereocenters. The Kier molecular flexibility index (Phi) is 4.05. The van der Waals surface area contributed by atoms with Gasteiger partial charge in [-0.1, -0.05) is 19.1 Å². The summed E-state index contributed by atoms with van der Waals surface area (Å²) in [5.74, 6) is 1.34. The van der Waals surface area contributed by atoms with Crippen molar-refractivity contribution >= 4 is 11.9 Å². The Morgan fingerprint density at radius 3 is 2.76 bits per heavy atom. The Labute approximate surface area is 126 Å². The van der Waals surface area contributed by atoms with Crippen molar-refractivity contribution < 1.29 is 14.7 Å². The van der Waals surface area contributed by atoms with Gasteiger partial charge in [-0.2, -0.15) is 0 Å². The number of allylic oxidation sites excluding steroid dienone is 2. The molecule has 0 aromatic carbocycles. The molecule has 116 valence electrons. The highest BCUT2D eigenvalue weighted by atomic mass is 16.4. The molecule has 21 heavy (non-hydrogen) atoms. The zero-order valence-corrected chi connectivity index (χ0v) is 12.7. The van der Waals surface area contributed by atoms with E-state index in [1.165, 1.54) is 0 Å². The predicted octanol–water partition coefficient (Wildman–Crippen LogP) is 2.55. The van der Waals surface area contributed by atoms with Crippen molar-refractivity contribution in [3.05, 3.63) is 12.2 Å². The van der Waals surface area contributed by atoms with Gasteiger partial charge < -0.3 is 10.0 Å². The third-order valence-corrected chi connectivity index (χ3v) is 5.67. The summed E-state index contributed by atoms with van der Waals surface area (Å²) in [5, 5.41) is 8.95. The standard InChI is InChI=1S/C17H25NO3/c1-11(7-16(19)20)14-3-2-6-18(10-14)17(21)15-9-12-4-5-13(15)8-12/h4-5,11-15H,2-3,6-10H2,1H3,(H,19,20). The van der Waals surface area contributed by atoms with Crippen LogP contribution < -0.4 is 0 Å². The molecule has 0 aromatic heterocycles. The van der Waals surface area contributed by atoms with E-state index in [9.17, 15) is 9.59 Å². The molecule has 0 aromatic rings. The van der Waals surface area contributed by atoms with E-state index in [4.69, 9.17) is 5.11 Å². The number of hydrogen-bond donors (Lipinski definition) is 1. The largest absolute Gasteiger partial charge is 0.481 e. The molecule has 1 aliphatic heterocycles. The first-order valence-electron chi connectivity index (χ1n) is 8.23. The lowest BCUT2D eigenvalue weighted by atomic mass is 9.83. The first-order chi connectivity index (χ1) is 10.0. The molecule has 1 amide bonds. The second kappa shape index (κ2) is 5.82. The van der Waals surface area contributed by atoms with Gasteiger partial charge in [0.2, 0.25) is 5.91 Å². The molecular formula is C17H25NO3. The number of carbonyl (C=O) groups excluding carboxylic acids is 1. The molecule has 1 N–H and O–H groups in total. The van der Waals surface area contributed by atoms with E-state index >= 15 is 0 Å². The minimum Gasteiger partial charge on any atom is -0.481 e. The van der Waals surface area contributed by atoms with Crippen molar-refractivity contribution in [2.45, 2.75) is 39.0 Å². The smallest absolute Gasteiger partial charge is 0.303 e. The molecule has 0 spiro atoms. The van der Waals surface area contributed by atoms with Crippen LogP contribution >= 0.6 is 0 Å². The van der Waals surface area contributed by atoms with Gasteiger partial charge in [-0.15, -0.1) is 0 Å². The Morgan fingerprint density at radius 1 is 1.33 bits per heavy atom. The van der Waals surface area contributed by atoms with Gasteiger partial charge in [0.1, 0.15) is 0 Å². The van der Waals surface area contributed by atoms with Gasteiger partial charge in [0, 0.05) is 25.4 Å². The van der Waals surface area contributed by atoms with Crippen LogP contribution in [-0.2, 0) is 9.59 Å². The maximum Gasteiger partial charge on any atom is 0.303 e. The van der Waals surface area contributed by atoms with E-state index in [1.807, 2.05) is 11.8 Å². The molecule has 2 fully saturated rings. The summed E-state index contributed by atoms with van der Waals surface area (Å²) in [6.45, 7) is 3.62. The molecular weight excluding hydrogens is 266 g/mol. The fraction of sp³-hybridized carbons (Fsp3) is 0.765. The number of aliphatic carboxylic acids is 1. The molecule has 4 nitrogen and oxygen atoms in total. The first-order valence-corrected chi connectivity index (χ1v) is 8.23.